The van der Waals surface area contributed by atoms with Crippen molar-refractivity contribution in [1.82, 2.24) is 0 Å². The summed E-state index contributed by atoms with van der Waals surface area (Å²) >= 11 is 5.84. The standard InChI is InChI=1S/C18H21ClN2O3S/c1-13-4-7-16(12-14(13)2)20-18(22)10-11-21(25(3,23)24)17-8-5-15(19)6-9-17/h4-9,12H,10-11H2,1-3H3,(H,20,22). The van der Waals surface area contributed by atoms with E-state index in [0.717, 1.165) is 17.4 Å². The number of hydrogen-bond donors (Lipinski definition) is 1. The molecule has 0 fully saturated rings. The Bertz CT molecular complexity index is 864. The number of benzene rings is 2. The first kappa shape index (κ1) is 19.3. The molecule has 0 spiro atoms. The van der Waals surface area contributed by atoms with Gasteiger partial charge in [0.25, 0.3) is 0 Å². The van der Waals surface area contributed by atoms with Crippen molar-refractivity contribution in [2.75, 3.05) is 22.4 Å². The number of nitrogens with one attached hydrogen (secondary N) is 1. The van der Waals surface area contributed by atoms with Gasteiger partial charge in [0, 0.05) is 23.7 Å². The van der Waals surface area contributed by atoms with Gasteiger partial charge in [-0.1, -0.05) is 17.7 Å². The van der Waals surface area contributed by atoms with Crippen LogP contribution in [0.4, 0.5) is 11.4 Å². The van der Waals surface area contributed by atoms with Crippen LogP contribution in [0.15, 0.2) is 42.5 Å². The molecule has 5 nitrogen and oxygen atoms in total. The van der Waals surface area contributed by atoms with E-state index in [2.05, 4.69) is 5.32 Å². The van der Waals surface area contributed by atoms with E-state index in [1.807, 2.05) is 32.0 Å². The number of sulfonamides is 1. The molecule has 0 atom stereocenters. The number of nitrogens with zero attached hydrogens (tertiary/aromatic N) is 1. The van der Waals surface area contributed by atoms with Crippen LogP contribution in [-0.4, -0.2) is 27.1 Å². The van der Waals surface area contributed by atoms with Gasteiger partial charge in [0.2, 0.25) is 15.9 Å². The first-order chi connectivity index (χ1) is 11.7. The SMILES string of the molecule is Cc1ccc(NC(=O)CCN(c2ccc(Cl)cc2)S(C)(=O)=O)cc1C. The van der Waals surface area contributed by atoms with Crippen LogP contribution in [0, 0.1) is 13.8 Å². The summed E-state index contributed by atoms with van der Waals surface area (Å²) in [6.07, 6.45) is 1.16. The molecule has 0 saturated carbocycles. The molecule has 1 amide bonds. The van der Waals surface area contributed by atoms with Gasteiger partial charge in [-0.3, -0.25) is 9.10 Å². The third-order valence-corrected chi connectivity index (χ3v) is 5.29. The second kappa shape index (κ2) is 7.89. The number of hydrogen-bond acceptors (Lipinski definition) is 3. The average Bonchev–Trinajstić information content (AvgIpc) is 2.51. The minimum atomic E-state index is -3.50. The van der Waals surface area contributed by atoms with Crippen molar-refractivity contribution in [3.63, 3.8) is 0 Å². The minimum Gasteiger partial charge on any atom is -0.326 e. The number of carbonyl (C=O) groups excluding carboxylic acids is 1. The molecular weight excluding hydrogens is 360 g/mol. The Labute approximate surface area is 153 Å². The molecule has 0 aliphatic rings. The molecule has 0 aromatic heterocycles. The monoisotopic (exact) mass is 380 g/mol. The summed E-state index contributed by atoms with van der Waals surface area (Å²) in [7, 11) is -3.50. The van der Waals surface area contributed by atoms with Crippen molar-refractivity contribution in [1.29, 1.82) is 0 Å². The Hall–Kier alpha value is -2.05. The number of aryl methyl sites for hydroxylation is 2. The first-order valence-corrected chi connectivity index (χ1v) is 10.00. The maximum Gasteiger partial charge on any atom is 0.232 e. The van der Waals surface area contributed by atoms with Crippen molar-refractivity contribution in [3.8, 4) is 0 Å². The molecule has 0 radical (unpaired) electrons. The summed E-state index contributed by atoms with van der Waals surface area (Å²) in [6, 6.07) is 12.1. The quantitative estimate of drug-likeness (QED) is 0.829. The van der Waals surface area contributed by atoms with E-state index in [1.165, 1.54) is 4.31 Å². The summed E-state index contributed by atoms with van der Waals surface area (Å²) in [5.74, 6) is -0.245. The van der Waals surface area contributed by atoms with E-state index in [0.29, 0.717) is 16.4 Å². The number of anilines is 2. The maximum absolute atomic E-state index is 12.2. The van der Waals surface area contributed by atoms with Gasteiger partial charge in [0.05, 0.1) is 11.9 Å². The molecule has 0 unspecified atom stereocenters. The molecule has 0 heterocycles. The molecule has 0 saturated heterocycles. The fourth-order valence-corrected chi connectivity index (χ4v) is 3.39. The van der Waals surface area contributed by atoms with Crippen LogP contribution in [0.1, 0.15) is 17.5 Å². The lowest BCUT2D eigenvalue weighted by atomic mass is 10.1. The smallest absolute Gasteiger partial charge is 0.232 e. The molecule has 2 aromatic rings. The lowest BCUT2D eigenvalue weighted by Crippen LogP contribution is -2.33. The van der Waals surface area contributed by atoms with Crippen LogP contribution in [-0.2, 0) is 14.8 Å². The summed E-state index contributed by atoms with van der Waals surface area (Å²) in [5, 5.41) is 3.31. The molecule has 0 aliphatic carbocycles. The molecule has 25 heavy (non-hydrogen) atoms. The second-order valence-corrected chi connectivity index (χ2v) is 8.25. The van der Waals surface area contributed by atoms with E-state index in [-0.39, 0.29) is 18.9 Å². The molecule has 2 aromatic carbocycles. The summed E-state index contributed by atoms with van der Waals surface area (Å²) in [6.45, 7) is 4.02. The third-order valence-electron chi connectivity index (χ3n) is 3.85. The number of amides is 1. The van der Waals surface area contributed by atoms with Crippen LogP contribution in [0.2, 0.25) is 5.02 Å². The zero-order valence-electron chi connectivity index (χ0n) is 14.4. The van der Waals surface area contributed by atoms with Gasteiger partial charge >= 0.3 is 0 Å². The highest BCUT2D eigenvalue weighted by atomic mass is 35.5. The van der Waals surface area contributed by atoms with Gasteiger partial charge in [-0.15, -0.1) is 0 Å². The van der Waals surface area contributed by atoms with Gasteiger partial charge in [-0.2, -0.15) is 0 Å². The van der Waals surface area contributed by atoms with E-state index in [1.54, 1.807) is 24.3 Å². The Morgan fingerprint density at radius 2 is 1.72 bits per heavy atom. The number of halogens is 1. The highest BCUT2D eigenvalue weighted by Crippen LogP contribution is 2.21. The Morgan fingerprint density at radius 3 is 2.28 bits per heavy atom. The minimum absolute atomic E-state index is 0.0443. The molecule has 0 bridgehead atoms. The lowest BCUT2D eigenvalue weighted by Gasteiger charge is -2.22. The van der Waals surface area contributed by atoms with Crippen molar-refractivity contribution in [3.05, 3.63) is 58.6 Å². The number of rotatable bonds is 6. The van der Waals surface area contributed by atoms with Crippen molar-refractivity contribution >= 4 is 38.9 Å². The summed E-state index contributed by atoms with van der Waals surface area (Å²) in [5.41, 5.74) is 3.40. The highest BCUT2D eigenvalue weighted by molar-refractivity contribution is 7.92. The Balaban J connectivity index is 2.06. The van der Waals surface area contributed by atoms with Gasteiger partial charge in [0.15, 0.2) is 0 Å². The van der Waals surface area contributed by atoms with Gasteiger partial charge in [-0.05, 0) is 61.4 Å². The third kappa shape index (κ3) is 5.47. The van der Waals surface area contributed by atoms with Crippen LogP contribution in [0.25, 0.3) is 0 Å². The topological polar surface area (TPSA) is 66.5 Å². The van der Waals surface area contributed by atoms with E-state index in [4.69, 9.17) is 11.6 Å². The second-order valence-electron chi connectivity index (χ2n) is 5.91. The predicted octanol–water partition coefficient (Wildman–Crippen LogP) is 3.75. The highest BCUT2D eigenvalue weighted by Gasteiger charge is 2.18. The fraction of sp³-hybridized carbons (Fsp3) is 0.278. The Morgan fingerprint density at radius 1 is 1.08 bits per heavy atom. The normalized spacial score (nSPS) is 11.2. The Kier molecular flexibility index (Phi) is 6.08. The van der Waals surface area contributed by atoms with Crippen molar-refractivity contribution < 1.29 is 13.2 Å². The van der Waals surface area contributed by atoms with Crippen LogP contribution in [0.5, 0.6) is 0 Å². The predicted molar refractivity (Wildman–Crippen MR) is 103 cm³/mol. The zero-order valence-corrected chi connectivity index (χ0v) is 16.0. The molecule has 2 rings (SSSR count). The van der Waals surface area contributed by atoms with Gasteiger partial charge in [0.1, 0.15) is 0 Å². The van der Waals surface area contributed by atoms with E-state index < -0.39 is 10.0 Å². The maximum atomic E-state index is 12.2. The van der Waals surface area contributed by atoms with Gasteiger partial charge < -0.3 is 5.32 Å². The molecular formula is C18H21ClN2O3S. The van der Waals surface area contributed by atoms with Crippen molar-refractivity contribution in [2.45, 2.75) is 20.3 Å². The van der Waals surface area contributed by atoms with Crippen molar-refractivity contribution in [2.24, 2.45) is 0 Å². The molecule has 7 heteroatoms. The zero-order chi connectivity index (χ0) is 18.6. The lowest BCUT2D eigenvalue weighted by molar-refractivity contribution is -0.116. The van der Waals surface area contributed by atoms with Crippen LogP contribution >= 0.6 is 11.6 Å². The average molecular weight is 381 g/mol. The van der Waals surface area contributed by atoms with Gasteiger partial charge in [-0.25, -0.2) is 8.42 Å². The summed E-state index contributed by atoms with van der Waals surface area (Å²) < 4.78 is 25.3. The molecule has 1 N–H and O–H groups in total. The van der Waals surface area contributed by atoms with Crippen LogP contribution in [0.3, 0.4) is 0 Å². The summed E-state index contributed by atoms with van der Waals surface area (Å²) in [4.78, 5) is 12.2. The van der Waals surface area contributed by atoms with E-state index >= 15 is 0 Å². The van der Waals surface area contributed by atoms with Crippen LogP contribution < -0.4 is 9.62 Å². The molecule has 0 aliphatic heterocycles. The fourth-order valence-electron chi connectivity index (χ4n) is 2.34. The molecule has 134 valence electrons. The largest absolute Gasteiger partial charge is 0.326 e. The number of carbonyl (C=O) groups is 1. The van der Waals surface area contributed by atoms with E-state index in [9.17, 15) is 13.2 Å². The first-order valence-electron chi connectivity index (χ1n) is 7.77.